The fourth-order valence-electron chi connectivity index (χ4n) is 2.59. The van der Waals surface area contributed by atoms with Gasteiger partial charge in [-0.25, -0.2) is 5.84 Å². The first kappa shape index (κ1) is 10.1. The van der Waals surface area contributed by atoms with Crippen LogP contribution in [-0.4, -0.2) is 0 Å². The van der Waals surface area contributed by atoms with Crippen LogP contribution in [0.25, 0.3) is 21.7 Å². The second-order valence-corrected chi connectivity index (χ2v) is 4.47. The lowest BCUT2D eigenvalue weighted by molar-refractivity contribution is -0.616. The molecular weight excluding hydrogens is 208 g/mol. The molecule has 2 aromatic carbocycles. The number of aryl methyl sites for hydroxylation is 2. The third kappa shape index (κ3) is 1.30. The second kappa shape index (κ2) is 3.45. The highest BCUT2D eigenvalue weighted by molar-refractivity contribution is 6.05. The normalized spacial score (nSPS) is 11.2. The Bertz CT molecular complexity index is 730. The number of para-hydroxylation sites is 1. The first-order valence-corrected chi connectivity index (χ1v) is 5.78. The number of aromatic nitrogens is 1. The molecule has 1 aromatic heterocycles. The lowest BCUT2D eigenvalue weighted by atomic mass is 10.0. The van der Waals surface area contributed by atoms with E-state index in [1.165, 1.54) is 21.7 Å². The predicted octanol–water partition coefficient (Wildman–Crippen LogP) is 2.61. The molecule has 0 saturated carbocycles. The summed E-state index contributed by atoms with van der Waals surface area (Å²) in [6.45, 7) is 4.20. The molecule has 0 aliphatic heterocycles. The molecule has 2 heteroatoms. The highest BCUT2D eigenvalue weighted by Gasteiger charge is 2.16. The van der Waals surface area contributed by atoms with Gasteiger partial charge in [-0.1, -0.05) is 35.0 Å². The molecule has 0 unspecified atom stereocenters. The van der Waals surface area contributed by atoms with Gasteiger partial charge in [0.25, 0.3) is 0 Å². The molecule has 0 saturated heterocycles. The number of rotatable bonds is 0. The van der Waals surface area contributed by atoms with Crippen LogP contribution >= 0.6 is 0 Å². The first-order chi connectivity index (χ1) is 8.20. The van der Waals surface area contributed by atoms with Crippen LogP contribution < -0.4 is 10.5 Å². The van der Waals surface area contributed by atoms with E-state index >= 15 is 0 Å². The lowest BCUT2D eigenvalue weighted by Gasteiger charge is -2.07. The topological polar surface area (TPSA) is 29.9 Å². The Morgan fingerprint density at radius 3 is 2.41 bits per heavy atom. The van der Waals surface area contributed by atoms with Crippen molar-refractivity contribution in [2.24, 2.45) is 0 Å². The van der Waals surface area contributed by atoms with Gasteiger partial charge >= 0.3 is 0 Å². The molecule has 0 aliphatic rings. The summed E-state index contributed by atoms with van der Waals surface area (Å²) < 4.78 is 1.78. The largest absolute Gasteiger partial charge is 0.243 e. The average Bonchev–Trinajstić information content (AvgIpc) is 2.36. The number of nitrogens with zero attached hydrogens (tertiary/aromatic N) is 1. The minimum atomic E-state index is 1.07. The van der Waals surface area contributed by atoms with E-state index in [2.05, 4.69) is 50.2 Å². The smallest absolute Gasteiger partial charge is 0.205 e. The number of hydrogen-bond acceptors (Lipinski definition) is 1. The number of nitrogens with two attached hydrogens (primary N) is 1. The molecule has 0 bridgehead atoms. The highest BCUT2D eigenvalue weighted by atomic mass is 15.3. The molecule has 0 atom stereocenters. The molecule has 3 aromatic rings. The van der Waals surface area contributed by atoms with Gasteiger partial charge in [-0.2, -0.15) is 0 Å². The second-order valence-electron chi connectivity index (χ2n) is 4.47. The summed E-state index contributed by atoms with van der Waals surface area (Å²) in [7, 11) is 0. The van der Waals surface area contributed by atoms with Crippen LogP contribution in [0.1, 0.15) is 11.3 Å². The van der Waals surface area contributed by atoms with Gasteiger partial charge in [0.1, 0.15) is 0 Å². The lowest BCUT2D eigenvalue weighted by Crippen LogP contribution is -2.48. The van der Waals surface area contributed by atoms with Crippen molar-refractivity contribution in [3.8, 4) is 0 Å². The molecule has 2 N–H and O–H groups in total. The summed E-state index contributed by atoms with van der Waals surface area (Å²) in [5.74, 6) is 6.17. The molecule has 1 heterocycles. The van der Waals surface area contributed by atoms with E-state index in [0.29, 0.717) is 0 Å². The van der Waals surface area contributed by atoms with Gasteiger partial charge in [0.2, 0.25) is 11.2 Å². The summed E-state index contributed by atoms with van der Waals surface area (Å²) in [6, 6.07) is 14.7. The van der Waals surface area contributed by atoms with Crippen LogP contribution in [-0.2, 0) is 0 Å². The van der Waals surface area contributed by atoms with Gasteiger partial charge < -0.3 is 0 Å². The van der Waals surface area contributed by atoms with Gasteiger partial charge in [-0.3, -0.25) is 0 Å². The summed E-state index contributed by atoms with van der Waals surface area (Å²) in [5, 5.41) is 3.74. The number of nitrogen functional groups attached to an aromatic ring is 1. The maximum Gasteiger partial charge on any atom is 0.243 e. The Balaban J connectivity index is 2.70. The molecule has 0 spiro atoms. The monoisotopic (exact) mass is 223 g/mol. The third-order valence-corrected chi connectivity index (χ3v) is 3.45. The van der Waals surface area contributed by atoms with E-state index in [-0.39, 0.29) is 0 Å². The summed E-state index contributed by atoms with van der Waals surface area (Å²) in [5.41, 5.74) is 3.45. The minimum absolute atomic E-state index is 1.07. The standard InChI is InChI=1S/C15H15N2/c1-10-6-5-8-13-12-7-3-4-9-14(12)17(16)11(2)15(10)13/h3-9H,16H2,1-2H3/q+1. The molecule has 2 nitrogen and oxygen atoms in total. The number of benzene rings is 2. The molecular formula is C15H15N2+. The molecule has 0 radical (unpaired) electrons. The fourth-order valence-corrected chi connectivity index (χ4v) is 2.59. The van der Waals surface area contributed by atoms with Crippen LogP contribution in [0.2, 0.25) is 0 Å². The van der Waals surface area contributed by atoms with Crippen molar-refractivity contribution in [2.75, 3.05) is 5.84 Å². The van der Waals surface area contributed by atoms with Crippen molar-refractivity contribution in [1.29, 1.82) is 0 Å². The van der Waals surface area contributed by atoms with Gasteiger partial charge in [-0.15, -0.1) is 0 Å². The van der Waals surface area contributed by atoms with Gasteiger partial charge in [0.05, 0.1) is 10.8 Å². The number of pyridine rings is 1. The van der Waals surface area contributed by atoms with Gasteiger partial charge in [0.15, 0.2) is 0 Å². The molecule has 17 heavy (non-hydrogen) atoms. The summed E-state index contributed by atoms with van der Waals surface area (Å²) >= 11 is 0. The van der Waals surface area contributed by atoms with E-state index in [0.717, 1.165) is 11.2 Å². The van der Waals surface area contributed by atoms with E-state index in [4.69, 9.17) is 5.84 Å². The van der Waals surface area contributed by atoms with Crippen LogP contribution in [0, 0.1) is 13.8 Å². The van der Waals surface area contributed by atoms with Crippen LogP contribution in [0.3, 0.4) is 0 Å². The zero-order valence-corrected chi connectivity index (χ0v) is 10.1. The predicted molar refractivity (Wildman–Crippen MR) is 71.3 cm³/mol. The van der Waals surface area contributed by atoms with E-state index in [9.17, 15) is 0 Å². The number of fused-ring (bicyclic) bond motifs is 3. The van der Waals surface area contributed by atoms with Crippen molar-refractivity contribution in [1.82, 2.24) is 0 Å². The Morgan fingerprint density at radius 2 is 1.59 bits per heavy atom. The van der Waals surface area contributed by atoms with Crippen LogP contribution in [0.15, 0.2) is 42.5 Å². The Hall–Kier alpha value is -2.09. The van der Waals surface area contributed by atoms with E-state index < -0.39 is 0 Å². The SMILES string of the molecule is Cc1cccc2c1c(C)[n+](N)c1ccccc21. The third-order valence-electron chi connectivity index (χ3n) is 3.45. The Labute approximate surface area is 100 Å². The van der Waals surface area contributed by atoms with Crippen molar-refractivity contribution in [3.63, 3.8) is 0 Å². The van der Waals surface area contributed by atoms with Gasteiger partial charge in [0, 0.05) is 18.4 Å². The molecule has 0 amide bonds. The minimum Gasteiger partial charge on any atom is -0.205 e. The van der Waals surface area contributed by atoms with Crippen molar-refractivity contribution in [2.45, 2.75) is 13.8 Å². The molecule has 0 aliphatic carbocycles. The average molecular weight is 223 g/mol. The van der Waals surface area contributed by atoms with E-state index in [1.54, 1.807) is 4.68 Å². The highest BCUT2D eigenvalue weighted by Crippen LogP contribution is 2.26. The Kier molecular flexibility index (Phi) is 2.05. The fraction of sp³-hybridized carbons (Fsp3) is 0.133. The molecule has 84 valence electrons. The zero-order valence-electron chi connectivity index (χ0n) is 10.1. The molecule has 0 fully saturated rings. The quantitative estimate of drug-likeness (QED) is 0.354. The van der Waals surface area contributed by atoms with Crippen molar-refractivity contribution < 1.29 is 4.68 Å². The number of hydrogen-bond donors (Lipinski definition) is 1. The maximum absolute atomic E-state index is 6.17. The van der Waals surface area contributed by atoms with E-state index in [1.807, 2.05) is 6.07 Å². The maximum atomic E-state index is 6.17. The van der Waals surface area contributed by atoms with Crippen molar-refractivity contribution >= 4 is 21.7 Å². The van der Waals surface area contributed by atoms with Gasteiger partial charge in [-0.05, 0) is 18.6 Å². The first-order valence-electron chi connectivity index (χ1n) is 5.78. The summed E-state index contributed by atoms with van der Waals surface area (Å²) in [4.78, 5) is 0. The summed E-state index contributed by atoms with van der Waals surface area (Å²) in [6.07, 6.45) is 0. The van der Waals surface area contributed by atoms with Crippen LogP contribution in [0.4, 0.5) is 0 Å². The van der Waals surface area contributed by atoms with Crippen molar-refractivity contribution in [3.05, 3.63) is 53.7 Å². The zero-order chi connectivity index (χ0) is 12.0. The molecule has 3 rings (SSSR count). The van der Waals surface area contributed by atoms with Crippen LogP contribution in [0.5, 0.6) is 0 Å². The Morgan fingerprint density at radius 1 is 0.882 bits per heavy atom.